The second-order valence-corrected chi connectivity index (χ2v) is 6.68. The third-order valence-electron chi connectivity index (χ3n) is 3.99. The molecule has 0 atom stereocenters. The van der Waals surface area contributed by atoms with Gasteiger partial charge < -0.3 is 4.74 Å². The van der Waals surface area contributed by atoms with Crippen molar-refractivity contribution in [2.24, 2.45) is 0 Å². The van der Waals surface area contributed by atoms with Crippen LogP contribution in [0.5, 0.6) is 5.75 Å². The van der Waals surface area contributed by atoms with Crippen LogP contribution in [0.3, 0.4) is 0 Å². The predicted molar refractivity (Wildman–Crippen MR) is 104 cm³/mol. The molecule has 0 bridgehead atoms. The first-order valence-electron chi connectivity index (χ1n) is 8.98. The number of rotatable bonds is 11. The first kappa shape index (κ1) is 24.3. The molecular formula is C20H34KNO2. The van der Waals surface area contributed by atoms with Crippen molar-refractivity contribution in [1.29, 1.82) is 0 Å². The Morgan fingerprint density at radius 1 is 1.04 bits per heavy atom. The number of likely N-dealkylation sites (N-methyl/N-ethyl adjacent to an activating group) is 1. The van der Waals surface area contributed by atoms with Crippen LogP contribution in [-0.4, -0.2) is 82.9 Å². The number of hydrogen-bond acceptors (Lipinski definition) is 3. The first-order valence-corrected chi connectivity index (χ1v) is 8.98. The second-order valence-electron chi connectivity index (χ2n) is 6.68. The first-order chi connectivity index (χ1) is 11.0. The summed E-state index contributed by atoms with van der Waals surface area (Å²) >= 11 is 0. The zero-order chi connectivity index (χ0) is 17.1. The van der Waals surface area contributed by atoms with Gasteiger partial charge in [-0.15, -0.1) is 0 Å². The molecule has 0 aliphatic rings. The van der Waals surface area contributed by atoms with Crippen molar-refractivity contribution in [1.82, 2.24) is 4.90 Å². The molecule has 0 aliphatic heterocycles. The Hall–Kier alpha value is 0.286. The molecule has 0 radical (unpaired) electrons. The second kappa shape index (κ2) is 14.5. The summed E-state index contributed by atoms with van der Waals surface area (Å²) in [6.07, 6.45) is 10.3. The number of hydrogen-bond donors (Lipinski definition) is 0. The minimum absolute atomic E-state index is 0. The summed E-state index contributed by atoms with van der Waals surface area (Å²) in [5, 5.41) is 0. The van der Waals surface area contributed by atoms with Crippen LogP contribution < -0.4 is 4.74 Å². The molecule has 0 saturated heterocycles. The number of nitrogens with zero attached hydrogens (tertiary/aromatic N) is 1. The van der Waals surface area contributed by atoms with Gasteiger partial charge in [0, 0.05) is 0 Å². The molecule has 0 fully saturated rings. The van der Waals surface area contributed by atoms with Crippen molar-refractivity contribution >= 4 is 57.4 Å². The number of carbonyl (C=O) groups excluding carboxylic acids is 1. The van der Waals surface area contributed by atoms with E-state index >= 15 is 0 Å². The van der Waals surface area contributed by atoms with E-state index in [9.17, 15) is 4.79 Å². The van der Waals surface area contributed by atoms with Crippen LogP contribution in [0.25, 0.3) is 0 Å². The van der Waals surface area contributed by atoms with Gasteiger partial charge in [0.05, 0.1) is 6.54 Å². The van der Waals surface area contributed by atoms with Crippen LogP contribution in [0.2, 0.25) is 0 Å². The number of esters is 1. The molecule has 4 heteroatoms. The quantitative estimate of drug-likeness (QED) is 0.258. The Morgan fingerprint density at radius 2 is 1.67 bits per heavy atom. The molecule has 1 aromatic rings. The topological polar surface area (TPSA) is 29.5 Å². The fourth-order valence-electron chi connectivity index (χ4n) is 2.61. The maximum atomic E-state index is 11.8. The van der Waals surface area contributed by atoms with E-state index in [2.05, 4.69) is 19.1 Å². The van der Waals surface area contributed by atoms with E-state index in [0.29, 0.717) is 12.3 Å². The average molecular weight is 360 g/mol. The third-order valence-corrected chi connectivity index (χ3v) is 3.99. The molecular weight excluding hydrogens is 325 g/mol. The Balaban J connectivity index is 0.00000529. The third kappa shape index (κ3) is 11.0. The van der Waals surface area contributed by atoms with E-state index < -0.39 is 0 Å². The summed E-state index contributed by atoms with van der Waals surface area (Å²) in [4.78, 5) is 13.6. The van der Waals surface area contributed by atoms with Gasteiger partial charge in [-0.25, -0.2) is 0 Å². The maximum absolute atomic E-state index is 11.8. The Kier molecular flexibility index (Phi) is 14.6. The standard InChI is InChI=1S/C20H33NO2.K.H/c1-5-6-7-8-9-10-11-12-18-14-13-17(2)19(15-18)23-20(22)16-21(3)4;;/h13-15H,5-12,16H2,1-4H3;;. The number of unbranched alkanes of at least 4 members (excludes halogenated alkanes) is 6. The van der Waals surface area contributed by atoms with Crippen molar-refractivity contribution < 1.29 is 9.53 Å². The van der Waals surface area contributed by atoms with Gasteiger partial charge in [-0.1, -0.05) is 57.6 Å². The number of ether oxygens (including phenoxy) is 1. The number of benzene rings is 1. The number of aryl methyl sites for hydroxylation is 2. The van der Waals surface area contributed by atoms with Gasteiger partial charge in [0.15, 0.2) is 0 Å². The van der Waals surface area contributed by atoms with Gasteiger partial charge >= 0.3 is 57.4 Å². The predicted octanol–water partition coefficient (Wildman–Crippen LogP) is 4.11. The molecule has 0 unspecified atom stereocenters. The number of carbonyl (C=O) groups is 1. The van der Waals surface area contributed by atoms with Crippen LogP contribution in [0, 0.1) is 6.92 Å². The molecule has 0 aromatic heterocycles. The van der Waals surface area contributed by atoms with E-state index in [4.69, 9.17) is 4.74 Å². The molecule has 0 amide bonds. The van der Waals surface area contributed by atoms with Gasteiger partial charge in [0.2, 0.25) is 0 Å². The van der Waals surface area contributed by atoms with Crippen molar-refractivity contribution in [3.63, 3.8) is 0 Å². The van der Waals surface area contributed by atoms with Crippen LogP contribution in [0.15, 0.2) is 18.2 Å². The van der Waals surface area contributed by atoms with Crippen LogP contribution in [0.4, 0.5) is 0 Å². The van der Waals surface area contributed by atoms with E-state index in [1.165, 1.54) is 50.5 Å². The average Bonchev–Trinajstić information content (AvgIpc) is 2.48. The SMILES string of the molecule is CCCCCCCCCc1ccc(C)c(OC(=O)CN(C)C)c1.[KH]. The molecule has 0 aliphatic carbocycles. The van der Waals surface area contributed by atoms with Crippen LogP contribution in [-0.2, 0) is 11.2 Å². The summed E-state index contributed by atoms with van der Waals surface area (Å²) < 4.78 is 5.49. The fourth-order valence-corrected chi connectivity index (χ4v) is 2.61. The minimum atomic E-state index is -0.203. The molecule has 0 heterocycles. The summed E-state index contributed by atoms with van der Waals surface area (Å²) in [6, 6.07) is 6.23. The summed E-state index contributed by atoms with van der Waals surface area (Å²) in [5.74, 6) is 0.503. The van der Waals surface area contributed by atoms with Gasteiger partial charge in [-0.3, -0.25) is 9.69 Å². The normalized spacial score (nSPS) is 10.5. The molecule has 1 rings (SSSR count). The summed E-state index contributed by atoms with van der Waals surface area (Å²) in [6.45, 7) is 4.54. The summed E-state index contributed by atoms with van der Waals surface area (Å²) in [7, 11) is 3.73. The van der Waals surface area contributed by atoms with Crippen molar-refractivity contribution in [2.45, 2.75) is 65.2 Å². The van der Waals surface area contributed by atoms with E-state index in [1.54, 1.807) is 0 Å². The summed E-state index contributed by atoms with van der Waals surface area (Å²) in [5.41, 5.74) is 2.28. The van der Waals surface area contributed by atoms with E-state index in [0.717, 1.165) is 12.0 Å². The molecule has 1 aromatic carbocycles. The van der Waals surface area contributed by atoms with Gasteiger partial charge in [0.25, 0.3) is 0 Å². The fraction of sp³-hybridized carbons (Fsp3) is 0.650. The van der Waals surface area contributed by atoms with Gasteiger partial charge in [-0.05, 0) is 51.1 Å². The van der Waals surface area contributed by atoms with Crippen molar-refractivity contribution in [2.75, 3.05) is 20.6 Å². The molecule has 3 nitrogen and oxygen atoms in total. The molecule has 0 saturated carbocycles. The molecule has 0 spiro atoms. The zero-order valence-corrected chi connectivity index (χ0v) is 15.4. The van der Waals surface area contributed by atoms with Gasteiger partial charge in [0.1, 0.15) is 5.75 Å². The van der Waals surface area contributed by atoms with Crippen LogP contribution in [0.1, 0.15) is 63.0 Å². The monoisotopic (exact) mass is 359 g/mol. The van der Waals surface area contributed by atoms with Crippen LogP contribution >= 0.6 is 0 Å². The van der Waals surface area contributed by atoms with E-state index in [1.807, 2.05) is 32.0 Å². The molecule has 24 heavy (non-hydrogen) atoms. The van der Waals surface area contributed by atoms with Crippen molar-refractivity contribution in [3.05, 3.63) is 29.3 Å². The van der Waals surface area contributed by atoms with Gasteiger partial charge in [-0.2, -0.15) is 0 Å². The van der Waals surface area contributed by atoms with E-state index in [-0.39, 0.29) is 57.4 Å². The Labute approximate surface area is 190 Å². The Morgan fingerprint density at radius 3 is 2.29 bits per heavy atom. The molecule has 132 valence electrons. The molecule has 0 N–H and O–H groups in total. The van der Waals surface area contributed by atoms with Crippen molar-refractivity contribution in [3.8, 4) is 5.75 Å². The zero-order valence-electron chi connectivity index (χ0n) is 15.4. The Bertz CT molecular complexity index is 475.